The molecule has 1 heterocycles. The Morgan fingerprint density at radius 2 is 1.67 bits per heavy atom. The molecule has 7 nitrogen and oxygen atoms in total. The number of imide groups is 1. The molecule has 2 aromatic carbocycles. The summed E-state index contributed by atoms with van der Waals surface area (Å²) in [6.07, 6.45) is 3.31. The lowest BCUT2D eigenvalue weighted by Gasteiger charge is -2.24. The van der Waals surface area contributed by atoms with Gasteiger partial charge in [-0.25, -0.2) is 4.90 Å². The van der Waals surface area contributed by atoms with Crippen molar-refractivity contribution in [1.29, 1.82) is 0 Å². The highest BCUT2D eigenvalue weighted by molar-refractivity contribution is 6.22. The zero-order valence-electron chi connectivity index (χ0n) is 17.0. The lowest BCUT2D eigenvalue weighted by atomic mass is 9.81. The van der Waals surface area contributed by atoms with Crippen LogP contribution in [0.2, 0.25) is 0 Å². The lowest BCUT2D eigenvalue weighted by Crippen LogP contribution is -2.31. The molecule has 30 heavy (non-hydrogen) atoms. The van der Waals surface area contributed by atoms with Crippen molar-refractivity contribution in [2.45, 2.75) is 39.2 Å². The van der Waals surface area contributed by atoms with Gasteiger partial charge in [-0.15, -0.1) is 0 Å². The van der Waals surface area contributed by atoms with Crippen LogP contribution in [0.15, 0.2) is 48.5 Å². The summed E-state index contributed by atoms with van der Waals surface area (Å²) in [6, 6.07) is 14.4. The fourth-order valence-corrected chi connectivity index (χ4v) is 4.65. The number of anilines is 2. The van der Waals surface area contributed by atoms with Crippen LogP contribution in [0.4, 0.5) is 17.1 Å². The molecule has 0 N–H and O–H groups in total. The van der Waals surface area contributed by atoms with Gasteiger partial charge in [0.25, 0.3) is 5.69 Å². The van der Waals surface area contributed by atoms with Crippen LogP contribution in [0.5, 0.6) is 0 Å². The van der Waals surface area contributed by atoms with Gasteiger partial charge >= 0.3 is 0 Å². The number of amides is 2. The minimum atomic E-state index is -0.440. The highest BCUT2D eigenvalue weighted by Gasteiger charge is 2.49. The van der Waals surface area contributed by atoms with E-state index in [0.717, 1.165) is 18.4 Å². The van der Waals surface area contributed by atoms with Crippen molar-refractivity contribution in [3.05, 3.63) is 64.2 Å². The van der Waals surface area contributed by atoms with Crippen LogP contribution in [0.1, 0.15) is 38.2 Å². The molecule has 0 spiro atoms. The van der Waals surface area contributed by atoms with Crippen molar-refractivity contribution >= 4 is 28.9 Å². The summed E-state index contributed by atoms with van der Waals surface area (Å²) in [4.78, 5) is 40.3. The van der Waals surface area contributed by atoms with Gasteiger partial charge < -0.3 is 4.90 Å². The fourth-order valence-electron chi connectivity index (χ4n) is 4.65. The molecule has 1 aliphatic heterocycles. The average molecular weight is 407 g/mol. The lowest BCUT2D eigenvalue weighted by molar-refractivity contribution is -0.384. The maximum Gasteiger partial charge on any atom is 0.294 e. The summed E-state index contributed by atoms with van der Waals surface area (Å²) in [5.41, 5.74) is 1.73. The van der Waals surface area contributed by atoms with E-state index in [1.807, 2.05) is 42.2 Å². The highest BCUT2D eigenvalue weighted by atomic mass is 16.6. The van der Waals surface area contributed by atoms with Crippen LogP contribution in [0, 0.1) is 22.0 Å². The summed E-state index contributed by atoms with van der Waals surface area (Å²) < 4.78 is 0. The van der Waals surface area contributed by atoms with Crippen LogP contribution in [0.3, 0.4) is 0 Å². The van der Waals surface area contributed by atoms with Gasteiger partial charge in [-0.05, 0) is 37.5 Å². The Labute approximate surface area is 175 Å². The van der Waals surface area contributed by atoms with Crippen LogP contribution < -0.4 is 9.80 Å². The highest BCUT2D eigenvalue weighted by Crippen LogP contribution is 2.42. The van der Waals surface area contributed by atoms with Crippen LogP contribution in [0.25, 0.3) is 0 Å². The molecule has 2 aromatic rings. The number of nitrogens with zero attached hydrogens (tertiary/aromatic N) is 3. The molecular formula is C23H25N3O4. The van der Waals surface area contributed by atoms with E-state index in [1.54, 1.807) is 12.1 Å². The van der Waals surface area contributed by atoms with Gasteiger partial charge in [-0.3, -0.25) is 19.7 Å². The Morgan fingerprint density at radius 3 is 2.23 bits per heavy atom. The van der Waals surface area contributed by atoms with Gasteiger partial charge in [0, 0.05) is 19.2 Å². The second kappa shape index (κ2) is 8.26. The van der Waals surface area contributed by atoms with Crippen molar-refractivity contribution < 1.29 is 14.5 Å². The number of carbonyl (C=O) groups is 2. The SMILES string of the molecule is CCN(Cc1ccccc1)c1ccc(N2C(=O)[C@@H]3CCCC[C@H]3C2=O)cc1[N+](=O)[O-]. The monoisotopic (exact) mass is 407 g/mol. The van der Waals surface area contributed by atoms with Gasteiger partial charge in [0.15, 0.2) is 0 Å². The maximum absolute atomic E-state index is 12.9. The minimum Gasteiger partial charge on any atom is -0.362 e. The van der Waals surface area contributed by atoms with Crippen molar-refractivity contribution in [1.82, 2.24) is 0 Å². The van der Waals surface area contributed by atoms with Gasteiger partial charge in [-0.1, -0.05) is 43.2 Å². The first-order valence-corrected chi connectivity index (χ1v) is 10.5. The van der Waals surface area contributed by atoms with E-state index in [4.69, 9.17) is 0 Å². The molecule has 2 amide bonds. The molecule has 2 aliphatic rings. The second-order valence-corrected chi connectivity index (χ2v) is 7.94. The second-order valence-electron chi connectivity index (χ2n) is 7.94. The summed E-state index contributed by atoms with van der Waals surface area (Å²) in [7, 11) is 0. The zero-order valence-corrected chi connectivity index (χ0v) is 17.0. The first kappa shape index (κ1) is 20.1. The summed E-state index contributed by atoms with van der Waals surface area (Å²) in [5.74, 6) is -1.00. The third kappa shape index (κ3) is 3.56. The number of nitro groups is 1. The molecule has 4 rings (SSSR count). The molecule has 2 fully saturated rings. The maximum atomic E-state index is 12.9. The number of benzene rings is 2. The molecule has 0 radical (unpaired) electrons. The average Bonchev–Trinajstić information content (AvgIpc) is 3.03. The van der Waals surface area contributed by atoms with Gasteiger partial charge in [0.1, 0.15) is 5.69 Å². The number of nitro benzene ring substituents is 1. The van der Waals surface area contributed by atoms with Crippen LogP contribution in [-0.2, 0) is 16.1 Å². The largest absolute Gasteiger partial charge is 0.362 e. The summed E-state index contributed by atoms with van der Waals surface area (Å²) in [5, 5.41) is 11.9. The number of fused-ring (bicyclic) bond motifs is 1. The molecule has 0 aromatic heterocycles. The topological polar surface area (TPSA) is 83.8 Å². The Balaban J connectivity index is 1.67. The number of hydrogen-bond acceptors (Lipinski definition) is 5. The molecular weight excluding hydrogens is 382 g/mol. The third-order valence-corrected chi connectivity index (χ3v) is 6.19. The summed E-state index contributed by atoms with van der Waals surface area (Å²) >= 11 is 0. The molecule has 1 aliphatic carbocycles. The Bertz CT molecular complexity index is 952. The molecule has 2 atom stereocenters. The normalized spacial score (nSPS) is 20.9. The van der Waals surface area contributed by atoms with Gasteiger partial charge in [-0.2, -0.15) is 0 Å². The number of rotatable bonds is 6. The van der Waals surface area contributed by atoms with Crippen molar-refractivity contribution in [2.24, 2.45) is 11.8 Å². The minimum absolute atomic E-state index is 0.0965. The zero-order chi connectivity index (χ0) is 21.3. The van der Waals surface area contributed by atoms with E-state index >= 15 is 0 Å². The third-order valence-electron chi connectivity index (χ3n) is 6.19. The van der Waals surface area contributed by atoms with Crippen LogP contribution in [-0.4, -0.2) is 23.3 Å². The number of hydrogen-bond donors (Lipinski definition) is 0. The van der Waals surface area contributed by atoms with Gasteiger partial charge in [0.05, 0.1) is 22.4 Å². The standard InChI is InChI=1S/C23H25N3O4/c1-2-24(15-16-8-4-3-5-9-16)20-13-12-17(14-21(20)26(29)30)25-22(27)18-10-6-7-11-19(18)23(25)28/h3-5,8-9,12-14,18-19H,2,6-7,10-11,15H2,1H3/t18-,19-/m1/s1. The Kier molecular flexibility index (Phi) is 5.53. The van der Waals surface area contributed by atoms with Crippen molar-refractivity contribution in [3.8, 4) is 0 Å². The molecule has 7 heteroatoms. The molecule has 0 unspecified atom stereocenters. The molecule has 0 bridgehead atoms. The van der Waals surface area contributed by atoms with E-state index in [9.17, 15) is 19.7 Å². The molecule has 156 valence electrons. The first-order chi connectivity index (χ1) is 14.5. The molecule has 1 saturated carbocycles. The van der Waals surface area contributed by atoms with Crippen molar-refractivity contribution in [2.75, 3.05) is 16.3 Å². The molecule has 1 saturated heterocycles. The predicted molar refractivity (Wildman–Crippen MR) is 114 cm³/mol. The predicted octanol–water partition coefficient (Wildman–Crippen LogP) is 4.30. The fraction of sp³-hybridized carbons (Fsp3) is 0.391. The van der Waals surface area contributed by atoms with E-state index in [2.05, 4.69) is 0 Å². The van der Waals surface area contributed by atoms with Crippen molar-refractivity contribution in [3.63, 3.8) is 0 Å². The van der Waals surface area contributed by atoms with Crippen LogP contribution >= 0.6 is 0 Å². The summed E-state index contributed by atoms with van der Waals surface area (Å²) in [6.45, 7) is 3.06. The quantitative estimate of drug-likeness (QED) is 0.405. The van der Waals surface area contributed by atoms with E-state index in [1.165, 1.54) is 11.0 Å². The Morgan fingerprint density at radius 1 is 1.03 bits per heavy atom. The first-order valence-electron chi connectivity index (χ1n) is 10.5. The van der Waals surface area contributed by atoms with E-state index < -0.39 is 4.92 Å². The smallest absolute Gasteiger partial charge is 0.294 e. The van der Waals surface area contributed by atoms with E-state index in [-0.39, 0.29) is 29.3 Å². The Hall–Kier alpha value is -3.22. The number of carbonyl (C=O) groups excluding carboxylic acids is 2. The van der Waals surface area contributed by atoms with Gasteiger partial charge in [0.2, 0.25) is 11.8 Å². The van der Waals surface area contributed by atoms with E-state index in [0.29, 0.717) is 37.3 Å².